The molecule has 0 aliphatic rings. The summed E-state index contributed by atoms with van der Waals surface area (Å²) in [5, 5.41) is 6.61. The topological polar surface area (TPSA) is 58.1 Å². The molecule has 1 aromatic carbocycles. The highest BCUT2D eigenvalue weighted by Crippen LogP contribution is 2.29. The summed E-state index contributed by atoms with van der Waals surface area (Å²) in [5.41, 5.74) is 0.910. The van der Waals surface area contributed by atoms with Crippen LogP contribution in [0.3, 0.4) is 0 Å². The SMILES string of the molecule is CCNC(=NCCCN(C(C)C)C(C)C)Nc1ccc(OC)c(OC)c1. The van der Waals surface area contributed by atoms with Crippen LogP contribution >= 0.6 is 0 Å². The number of ether oxygens (including phenoxy) is 2. The fourth-order valence-electron chi connectivity index (χ4n) is 2.91. The molecule has 6 nitrogen and oxygen atoms in total. The van der Waals surface area contributed by atoms with Gasteiger partial charge in [0.05, 0.1) is 14.2 Å². The number of nitrogens with one attached hydrogen (secondary N) is 2. The van der Waals surface area contributed by atoms with Gasteiger partial charge in [0, 0.05) is 43.5 Å². The van der Waals surface area contributed by atoms with E-state index in [1.165, 1.54) is 0 Å². The lowest BCUT2D eigenvalue weighted by Crippen LogP contribution is -2.38. The van der Waals surface area contributed by atoms with E-state index in [4.69, 9.17) is 14.5 Å². The van der Waals surface area contributed by atoms with Gasteiger partial charge in [0.15, 0.2) is 17.5 Å². The van der Waals surface area contributed by atoms with E-state index >= 15 is 0 Å². The highest BCUT2D eigenvalue weighted by molar-refractivity contribution is 5.93. The Balaban J connectivity index is 2.69. The van der Waals surface area contributed by atoms with Gasteiger partial charge in [-0.05, 0) is 53.2 Å². The minimum atomic E-state index is 0.553. The van der Waals surface area contributed by atoms with Gasteiger partial charge in [0.1, 0.15) is 0 Å². The van der Waals surface area contributed by atoms with Crippen molar-refractivity contribution < 1.29 is 9.47 Å². The maximum Gasteiger partial charge on any atom is 0.195 e. The summed E-state index contributed by atoms with van der Waals surface area (Å²) in [6.45, 7) is 13.7. The molecule has 0 unspecified atom stereocenters. The Kier molecular flexibility index (Phi) is 9.88. The number of methoxy groups -OCH3 is 2. The van der Waals surface area contributed by atoms with Crippen LogP contribution in [0.1, 0.15) is 41.0 Å². The summed E-state index contributed by atoms with van der Waals surface area (Å²) >= 11 is 0. The predicted molar refractivity (Wildman–Crippen MR) is 111 cm³/mol. The maximum absolute atomic E-state index is 5.36. The lowest BCUT2D eigenvalue weighted by molar-refractivity contribution is 0.174. The van der Waals surface area contributed by atoms with E-state index < -0.39 is 0 Å². The van der Waals surface area contributed by atoms with Crippen LogP contribution in [-0.2, 0) is 0 Å². The Morgan fingerprint density at radius 3 is 2.27 bits per heavy atom. The number of benzene rings is 1. The van der Waals surface area contributed by atoms with Gasteiger partial charge in [-0.2, -0.15) is 0 Å². The van der Waals surface area contributed by atoms with Crippen molar-refractivity contribution in [1.82, 2.24) is 10.2 Å². The van der Waals surface area contributed by atoms with E-state index in [0.29, 0.717) is 23.6 Å². The number of guanidine groups is 1. The average Bonchev–Trinajstić information content (AvgIpc) is 2.60. The molecule has 1 aromatic rings. The molecule has 0 heterocycles. The fourth-order valence-corrected chi connectivity index (χ4v) is 2.91. The zero-order valence-corrected chi connectivity index (χ0v) is 17.4. The molecule has 26 heavy (non-hydrogen) atoms. The lowest BCUT2D eigenvalue weighted by Gasteiger charge is -2.30. The van der Waals surface area contributed by atoms with Crippen LogP contribution in [0.2, 0.25) is 0 Å². The number of hydrogen-bond acceptors (Lipinski definition) is 4. The van der Waals surface area contributed by atoms with Gasteiger partial charge in [0.25, 0.3) is 0 Å². The third kappa shape index (κ3) is 7.12. The molecular weight excluding hydrogens is 328 g/mol. The second kappa shape index (κ2) is 11.6. The summed E-state index contributed by atoms with van der Waals surface area (Å²) in [7, 11) is 3.27. The normalized spacial score (nSPS) is 12.0. The summed E-state index contributed by atoms with van der Waals surface area (Å²) < 4.78 is 10.6. The highest BCUT2D eigenvalue weighted by Gasteiger charge is 2.12. The smallest absolute Gasteiger partial charge is 0.195 e. The van der Waals surface area contributed by atoms with Crippen LogP contribution in [0.5, 0.6) is 11.5 Å². The predicted octanol–water partition coefficient (Wildman–Crippen LogP) is 3.59. The molecule has 0 atom stereocenters. The summed E-state index contributed by atoms with van der Waals surface area (Å²) in [4.78, 5) is 7.18. The van der Waals surface area contributed by atoms with Crippen LogP contribution in [0.4, 0.5) is 5.69 Å². The van der Waals surface area contributed by atoms with E-state index in [9.17, 15) is 0 Å². The van der Waals surface area contributed by atoms with E-state index in [0.717, 1.165) is 37.7 Å². The minimum absolute atomic E-state index is 0.553. The zero-order chi connectivity index (χ0) is 19.5. The Bertz CT molecular complexity index is 551. The Morgan fingerprint density at radius 1 is 1.08 bits per heavy atom. The van der Waals surface area contributed by atoms with Crippen molar-refractivity contribution in [3.05, 3.63) is 18.2 Å². The van der Waals surface area contributed by atoms with Gasteiger partial charge >= 0.3 is 0 Å². The molecule has 0 aliphatic carbocycles. The first-order chi connectivity index (χ1) is 12.4. The Morgan fingerprint density at radius 2 is 1.73 bits per heavy atom. The average molecular weight is 365 g/mol. The molecular formula is C20H36N4O2. The molecule has 148 valence electrons. The van der Waals surface area contributed by atoms with Crippen molar-refractivity contribution >= 4 is 11.6 Å². The quantitative estimate of drug-likeness (QED) is 0.377. The van der Waals surface area contributed by atoms with Gasteiger partial charge in [-0.25, -0.2) is 0 Å². The fraction of sp³-hybridized carbons (Fsp3) is 0.650. The van der Waals surface area contributed by atoms with Crippen LogP contribution < -0.4 is 20.1 Å². The standard InChI is InChI=1S/C20H36N4O2/c1-8-21-20(22-12-9-13-24(15(2)3)16(4)5)23-17-10-11-18(25-6)19(14-17)26-7/h10-11,14-16H,8-9,12-13H2,1-7H3,(H2,21,22,23). The van der Waals surface area contributed by atoms with Crippen molar-refractivity contribution in [2.75, 3.05) is 39.2 Å². The van der Waals surface area contributed by atoms with Crippen LogP contribution in [0.25, 0.3) is 0 Å². The molecule has 1 rings (SSSR count). The van der Waals surface area contributed by atoms with Crippen molar-refractivity contribution in [2.45, 2.75) is 53.1 Å². The van der Waals surface area contributed by atoms with E-state index in [-0.39, 0.29) is 0 Å². The third-order valence-electron chi connectivity index (χ3n) is 4.16. The highest BCUT2D eigenvalue weighted by atomic mass is 16.5. The Hall–Kier alpha value is -1.95. The second-order valence-electron chi connectivity index (χ2n) is 6.73. The molecule has 2 N–H and O–H groups in total. The number of aliphatic imine (C=N–C) groups is 1. The van der Waals surface area contributed by atoms with Crippen LogP contribution in [-0.4, -0.2) is 56.8 Å². The van der Waals surface area contributed by atoms with Gasteiger partial charge in [0.2, 0.25) is 0 Å². The second-order valence-corrected chi connectivity index (χ2v) is 6.73. The molecule has 0 saturated carbocycles. The van der Waals surface area contributed by atoms with Crippen molar-refractivity contribution in [1.29, 1.82) is 0 Å². The van der Waals surface area contributed by atoms with Crippen molar-refractivity contribution in [3.63, 3.8) is 0 Å². The lowest BCUT2D eigenvalue weighted by atomic mass is 10.2. The van der Waals surface area contributed by atoms with E-state index in [2.05, 4.69) is 50.2 Å². The number of hydrogen-bond donors (Lipinski definition) is 2. The first-order valence-electron chi connectivity index (χ1n) is 9.46. The Labute approximate surface area is 159 Å². The third-order valence-corrected chi connectivity index (χ3v) is 4.16. The molecule has 0 saturated heterocycles. The molecule has 0 bridgehead atoms. The molecule has 6 heteroatoms. The van der Waals surface area contributed by atoms with E-state index in [1.807, 2.05) is 18.2 Å². The maximum atomic E-state index is 5.36. The molecule has 0 fully saturated rings. The van der Waals surface area contributed by atoms with Crippen LogP contribution in [0, 0.1) is 0 Å². The molecule has 0 aromatic heterocycles. The van der Waals surface area contributed by atoms with Crippen molar-refractivity contribution in [2.24, 2.45) is 4.99 Å². The molecule has 0 aliphatic heterocycles. The number of anilines is 1. The van der Waals surface area contributed by atoms with Crippen molar-refractivity contribution in [3.8, 4) is 11.5 Å². The minimum Gasteiger partial charge on any atom is -0.493 e. The molecule has 0 amide bonds. The largest absolute Gasteiger partial charge is 0.493 e. The number of nitrogens with zero attached hydrogens (tertiary/aromatic N) is 2. The zero-order valence-electron chi connectivity index (χ0n) is 17.4. The monoisotopic (exact) mass is 364 g/mol. The van der Waals surface area contributed by atoms with Gasteiger partial charge in [-0.1, -0.05) is 0 Å². The van der Waals surface area contributed by atoms with Crippen LogP contribution in [0.15, 0.2) is 23.2 Å². The summed E-state index contributed by atoms with van der Waals surface area (Å²) in [5.74, 6) is 2.18. The van der Waals surface area contributed by atoms with E-state index in [1.54, 1.807) is 14.2 Å². The first kappa shape index (κ1) is 22.1. The van der Waals surface area contributed by atoms with Gasteiger partial charge in [-0.3, -0.25) is 9.89 Å². The van der Waals surface area contributed by atoms with Gasteiger partial charge < -0.3 is 20.1 Å². The molecule has 0 radical (unpaired) electrons. The number of rotatable bonds is 10. The summed E-state index contributed by atoms with van der Waals surface area (Å²) in [6.07, 6.45) is 1.03. The van der Waals surface area contributed by atoms with Gasteiger partial charge in [-0.15, -0.1) is 0 Å². The first-order valence-corrected chi connectivity index (χ1v) is 9.46. The summed E-state index contributed by atoms with van der Waals surface area (Å²) in [6, 6.07) is 6.85. The molecule has 0 spiro atoms.